The largest absolute Gasteiger partial charge is 0.299 e. The van der Waals surface area contributed by atoms with Crippen molar-refractivity contribution in [2.75, 3.05) is 4.90 Å². The Morgan fingerprint density at radius 1 is 0.638 bits per heavy atom. The van der Waals surface area contributed by atoms with Gasteiger partial charge < -0.3 is 0 Å². The molecule has 0 spiro atoms. The van der Waals surface area contributed by atoms with Gasteiger partial charge >= 0.3 is 0 Å². The SMILES string of the molecule is [2H]c1cc2cccc([2H])c2c2c1-c1c(c3sc4ccccc4c3c3ccccc13)N(c1nc(-c3ccccc3)c3ccccc3n1)C2(C)C. The molecule has 3 nitrogen and oxygen atoms in total. The Hall–Kier alpha value is -5.58. The molecule has 2 aromatic heterocycles. The van der Waals surface area contributed by atoms with Crippen LogP contribution in [0.3, 0.4) is 0 Å². The van der Waals surface area contributed by atoms with Crippen LogP contribution in [0.5, 0.6) is 0 Å². The van der Waals surface area contributed by atoms with Crippen molar-refractivity contribution in [1.82, 2.24) is 9.97 Å². The summed E-state index contributed by atoms with van der Waals surface area (Å²) in [5.41, 5.74) is 5.85. The summed E-state index contributed by atoms with van der Waals surface area (Å²) >= 11 is 1.79. The summed E-state index contributed by atoms with van der Waals surface area (Å²) in [4.78, 5) is 13.1. The summed E-state index contributed by atoms with van der Waals surface area (Å²) < 4.78 is 21.2. The number of hydrogen-bond acceptors (Lipinski definition) is 4. The summed E-state index contributed by atoms with van der Waals surface area (Å²) in [6.07, 6.45) is 0. The van der Waals surface area contributed by atoms with Gasteiger partial charge in [-0.2, -0.15) is 0 Å². The van der Waals surface area contributed by atoms with Gasteiger partial charge in [0.1, 0.15) is 0 Å². The summed E-state index contributed by atoms with van der Waals surface area (Å²) in [7, 11) is 0. The Balaban J connectivity index is 1.45. The lowest BCUT2D eigenvalue weighted by molar-refractivity contribution is 0.529. The zero-order valence-corrected chi connectivity index (χ0v) is 26.7. The van der Waals surface area contributed by atoms with Crippen molar-refractivity contribution in [3.63, 3.8) is 0 Å². The van der Waals surface area contributed by atoms with Crippen LogP contribution < -0.4 is 4.90 Å². The third kappa shape index (κ3) is 3.67. The van der Waals surface area contributed by atoms with E-state index in [0.717, 1.165) is 70.8 Å². The molecule has 0 N–H and O–H groups in total. The van der Waals surface area contributed by atoms with Crippen LogP contribution >= 0.6 is 11.3 Å². The third-order valence-electron chi connectivity index (χ3n) is 9.76. The van der Waals surface area contributed by atoms with Crippen molar-refractivity contribution in [1.29, 1.82) is 0 Å². The van der Waals surface area contributed by atoms with Crippen LogP contribution in [0.2, 0.25) is 0 Å². The molecule has 0 atom stereocenters. The van der Waals surface area contributed by atoms with E-state index in [-0.39, 0.29) is 0 Å². The van der Waals surface area contributed by atoms with E-state index in [1.54, 1.807) is 11.3 Å². The Bertz CT molecular complexity index is 2840. The highest BCUT2D eigenvalue weighted by atomic mass is 32.1. The minimum Gasteiger partial charge on any atom is -0.299 e. The predicted molar refractivity (Wildman–Crippen MR) is 200 cm³/mol. The second kappa shape index (κ2) is 9.71. The molecule has 47 heavy (non-hydrogen) atoms. The van der Waals surface area contributed by atoms with Crippen LogP contribution in [0.15, 0.2) is 139 Å². The van der Waals surface area contributed by atoms with Crippen LogP contribution in [0.25, 0.3) is 75.0 Å². The summed E-state index contributed by atoms with van der Waals surface area (Å²) in [6.45, 7) is 4.41. The average molecular weight is 622 g/mol. The molecule has 0 fully saturated rings. The molecule has 0 aliphatic carbocycles. The van der Waals surface area contributed by atoms with Gasteiger partial charge in [0.15, 0.2) is 0 Å². The predicted octanol–water partition coefficient (Wildman–Crippen LogP) is 12.0. The monoisotopic (exact) mass is 621 g/mol. The molecule has 0 unspecified atom stereocenters. The molecule has 9 aromatic rings. The van der Waals surface area contributed by atoms with E-state index in [2.05, 4.69) is 91.5 Å². The lowest BCUT2D eigenvalue weighted by Crippen LogP contribution is -2.42. The van der Waals surface area contributed by atoms with Gasteiger partial charge in [0.05, 0.1) is 29.9 Å². The zero-order valence-electron chi connectivity index (χ0n) is 27.9. The second-order valence-electron chi connectivity index (χ2n) is 12.8. The zero-order chi connectivity index (χ0) is 33.0. The molecule has 3 heterocycles. The van der Waals surface area contributed by atoms with Crippen LogP contribution in [-0.2, 0) is 5.54 Å². The fraction of sp³-hybridized carbons (Fsp3) is 0.0698. The number of para-hydroxylation sites is 1. The molecule has 0 amide bonds. The highest BCUT2D eigenvalue weighted by Gasteiger charge is 2.43. The average Bonchev–Trinajstić information content (AvgIpc) is 3.51. The third-order valence-corrected chi connectivity index (χ3v) is 10.9. The lowest BCUT2D eigenvalue weighted by atomic mass is 9.76. The van der Waals surface area contributed by atoms with Crippen molar-refractivity contribution in [2.45, 2.75) is 19.4 Å². The molecule has 0 saturated carbocycles. The van der Waals surface area contributed by atoms with E-state index < -0.39 is 5.54 Å². The number of nitrogens with zero attached hydrogens (tertiary/aromatic N) is 3. The summed E-state index contributed by atoms with van der Waals surface area (Å²) in [5, 5.41) is 7.40. The number of hydrogen-bond donors (Lipinski definition) is 0. The normalized spacial score (nSPS) is 14.5. The van der Waals surface area contributed by atoms with E-state index in [1.165, 1.54) is 15.5 Å². The number of fused-ring (bicyclic) bond motifs is 13. The molecule has 0 radical (unpaired) electrons. The first-order chi connectivity index (χ1) is 23.9. The fourth-order valence-electron chi connectivity index (χ4n) is 7.77. The maximum atomic E-state index is 9.62. The Kier molecular flexibility index (Phi) is 5.09. The molecule has 1 aliphatic rings. The first-order valence-electron chi connectivity index (χ1n) is 16.9. The van der Waals surface area contributed by atoms with Gasteiger partial charge in [0.2, 0.25) is 5.95 Å². The van der Waals surface area contributed by atoms with Crippen LogP contribution in [0.4, 0.5) is 11.6 Å². The van der Waals surface area contributed by atoms with Gasteiger partial charge in [-0.1, -0.05) is 127 Å². The van der Waals surface area contributed by atoms with Crippen molar-refractivity contribution >= 4 is 75.6 Å². The van der Waals surface area contributed by atoms with Gasteiger partial charge in [0, 0.05) is 32.0 Å². The van der Waals surface area contributed by atoms with E-state index in [1.807, 2.05) is 54.6 Å². The number of benzene rings is 7. The van der Waals surface area contributed by atoms with Crippen molar-refractivity contribution in [3.05, 3.63) is 145 Å². The minimum atomic E-state index is -0.753. The van der Waals surface area contributed by atoms with Gasteiger partial charge in [-0.3, -0.25) is 4.90 Å². The fourth-order valence-corrected chi connectivity index (χ4v) is 9.03. The molecule has 222 valence electrons. The second-order valence-corrected chi connectivity index (χ2v) is 13.8. The number of thiophene rings is 1. The quantitative estimate of drug-likeness (QED) is 0.192. The molecular formula is C43H29N3S. The van der Waals surface area contributed by atoms with Crippen molar-refractivity contribution in [3.8, 4) is 22.4 Å². The lowest BCUT2D eigenvalue weighted by Gasteiger charge is -2.46. The topological polar surface area (TPSA) is 29.0 Å². The summed E-state index contributed by atoms with van der Waals surface area (Å²) in [5.74, 6) is 0.592. The van der Waals surface area contributed by atoms with Crippen LogP contribution in [-0.4, -0.2) is 9.97 Å². The maximum Gasteiger partial charge on any atom is 0.231 e. The van der Waals surface area contributed by atoms with E-state index in [9.17, 15) is 2.74 Å². The summed E-state index contributed by atoms with van der Waals surface area (Å²) in [6, 6.07) is 44.4. The molecule has 1 aliphatic heterocycles. The molecular weight excluding hydrogens is 591 g/mol. The van der Waals surface area contributed by atoms with Gasteiger partial charge in [-0.05, 0) is 58.7 Å². The number of aromatic nitrogens is 2. The van der Waals surface area contributed by atoms with Crippen LogP contribution in [0, 0.1) is 0 Å². The molecule has 10 rings (SSSR count). The Morgan fingerprint density at radius 3 is 2.19 bits per heavy atom. The van der Waals surface area contributed by atoms with Gasteiger partial charge in [-0.25, -0.2) is 9.97 Å². The standard InChI is InChI=1S/C43H29N3S/c1-43(2)38-28-17-7-6-14-26(28)24-25-33(38)36-29-18-8-9-19-30(29)37-32-21-11-13-23-35(32)47-41(37)40(36)46(43)42-44-34-22-12-10-20-31(34)39(45-42)27-15-4-3-5-16-27/h3-25H,1-2H3/i17D,25D. The molecule has 7 aromatic carbocycles. The van der Waals surface area contributed by atoms with E-state index in [4.69, 9.17) is 9.97 Å². The molecule has 4 heteroatoms. The van der Waals surface area contributed by atoms with Crippen molar-refractivity contribution < 1.29 is 2.74 Å². The smallest absolute Gasteiger partial charge is 0.231 e. The van der Waals surface area contributed by atoms with Crippen molar-refractivity contribution in [2.24, 2.45) is 0 Å². The number of rotatable bonds is 2. The van der Waals surface area contributed by atoms with E-state index >= 15 is 0 Å². The Labute approximate surface area is 279 Å². The maximum absolute atomic E-state index is 9.62. The van der Waals surface area contributed by atoms with E-state index in [0.29, 0.717) is 18.0 Å². The van der Waals surface area contributed by atoms with Gasteiger partial charge in [0.25, 0.3) is 0 Å². The molecule has 0 saturated heterocycles. The highest BCUT2D eigenvalue weighted by molar-refractivity contribution is 7.26. The first kappa shape index (κ1) is 24.6. The minimum absolute atomic E-state index is 0.446. The molecule has 0 bridgehead atoms. The van der Waals surface area contributed by atoms with Crippen LogP contribution in [0.1, 0.15) is 22.2 Å². The van der Waals surface area contributed by atoms with Gasteiger partial charge in [-0.15, -0.1) is 11.3 Å². The highest BCUT2D eigenvalue weighted by Crippen LogP contribution is 2.59. The number of anilines is 2. The first-order valence-corrected chi connectivity index (χ1v) is 16.8. The Morgan fingerprint density at radius 2 is 1.34 bits per heavy atom.